The maximum absolute atomic E-state index is 11.7. The third-order valence-electron chi connectivity index (χ3n) is 2.54. The molecule has 0 atom stereocenters. The van der Waals surface area contributed by atoms with E-state index in [1.807, 2.05) is 0 Å². The number of aromatic hydroxyl groups is 3. The number of hydrazone groups is 1. The largest absolute Gasteiger partial charge is 0.507 e. The second-order valence-electron chi connectivity index (χ2n) is 3.96. The minimum Gasteiger partial charge on any atom is -0.507 e. The summed E-state index contributed by atoms with van der Waals surface area (Å²) in [5.74, 6) is -1.19. The molecular weight excluding hydrogens is 272 g/mol. The molecule has 2 rings (SSSR count). The third kappa shape index (κ3) is 3.97. The van der Waals surface area contributed by atoms with Crippen LogP contribution < -0.4 is 5.43 Å². The van der Waals surface area contributed by atoms with Gasteiger partial charge < -0.3 is 15.3 Å². The fourth-order valence-corrected chi connectivity index (χ4v) is 1.49. The van der Waals surface area contributed by atoms with Gasteiger partial charge in [-0.15, -0.1) is 0 Å². The van der Waals surface area contributed by atoms with Crippen LogP contribution in [0.1, 0.15) is 23.3 Å². The van der Waals surface area contributed by atoms with Crippen molar-refractivity contribution in [2.45, 2.75) is 7.43 Å². The molecule has 0 heterocycles. The van der Waals surface area contributed by atoms with Crippen LogP contribution in [0.2, 0.25) is 0 Å². The Morgan fingerprint density at radius 3 is 2.38 bits per heavy atom. The minimum absolute atomic E-state index is 0. The molecule has 0 unspecified atom stereocenters. The topological polar surface area (TPSA) is 102 Å². The summed E-state index contributed by atoms with van der Waals surface area (Å²) >= 11 is 0. The maximum atomic E-state index is 11.7. The molecule has 0 radical (unpaired) electrons. The van der Waals surface area contributed by atoms with E-state index < -0.39 is 5.91 Å². The smallest absolute Gasteiger partial charge is 0.271 e. The fourth-order valence-electron chi connectivity index (χ4n) is 1.49. The van der Waals surface area contributed by atoms with Crippen LogP contribution in [0.25, 0.3) is 0 Å². The molecular formula is C15H16N2O4. The SMILES string of the molecule is C.O=C(N/N=C/c1ccccc1O)c1ccc(O)c(O)c1. The molecule has 0 fully saturated rings. The van der Waals surface area contributed by atoms with Crippen LogP contribution in [0.15, 0.2) is 47.6 Å². The molecule has 2 aromatic carbocycles. The number of rotatable bonds is 3. The van der Waals surface area contributed by atoms with Crippen molar-refractivity contribution in [2.24, 2.45) is 5.10 Å². The van der Waals surface area contributed by atoms with Gasteiger partial charge in [-0.3, -0.25) is 4.79 Å². The molecule has 0 aromatic heterocycles. The predicted molar refractivity (Wildman–Crippen MR) is 79.7 cm³/mol. The Balaban J connectivity index is 0.00000220. The number of carbonyl (C=O) groups excluding carboxylic acids is 1. The number of amides is 1. The molecule has 6 nitrogen and oxygen atoms in total. The summed E-state index contributed by atoms with van der Waals surface area (Å²) in [5.41, 5.74) is 2.86. The zero-order chi connectivity index (χ0) is 14.5. The lowest BCUT2D eigenvalue weighted by Gasteiger charge is -2.02. The first kappa shape index (κ1) is 16.0. The highest BCUT2D eigenvalue weighted by molar-refractivity contribution is 5.95. The molecule has 1 amide bonds. The van der Waals surface area contributed by atoms with E-state index in [0.717, 1.165) is 6.07 Å². The van der Waals surface area contributed by atoms with E-state index in [0.29, 0.717) is 5.56 Å². The molecule has 0 aliphatic carbocycles. The summed E-state index contributed by atoms with van der Waals surface area (Å²) in [4.78, 5) is 11.7. The van der Waals surface area contributed by atoms with Gasteiger partial charge in [0.05, 0.1) is 6.21 Å². The van der Waals surface area contributed by atoms with Crippen LogP contribution in [0, 0.1) is 0 Å². The monoisotopic (exact) mass is 288 g/mol. The number of benzene rings is 2. The van der Waals surface area contributed by atoms with Gasteiger partial charge in [-0.25, -0.2) is 5.43 Å². The number of carbonyl (C=O) groups is 1. The standard InChI is InChI=1S/C14H12N2O4.CH4/c17-11-4-2-1-3-10(11)8-15-16-14(20)9-5-6-12(18)13(19)7-9;/h1-8,17-19H,(H,16,20);1H4/b15-8+;. The average molecular weight is 288 g/mol. The number of nitrogens with one attached hydrogen (secondary N) is 1. The van der Waals surface area contributed by atoms with Crippen molar-refractivity contribution in [1.82, 2.24) is 5.43 Å². The van der Waals surface area contributed by atoms with E-state index in [-0.39, 0.29) is 30.2 Å². The second-order valence-corrected chi connectivity index (χ2v) is 3.96. The van der Waals surface area contributed by atoms with Gasteiger partial charge in [-0.05, 0) is 30.3 Å². The Kier molecular flexibility index (Phi) is 5.31. The number of para-hydroxylation sites is 1. The van der Waals surface area contributed by atoms with Crippen molar-refractivity contribution in [3.63, 3.8) is 0 Å². The van der Waals surface area contributed by atoms with E-state index in [1.165, 1.54) is 24.4 Å². The lowest BCUT2D eigenvalue weighted by Crippen LogP contribution is -2.17. The third-order valence-corrected chi connectivity index (χ3v) is 2.54. The predicted octanol–water partition coefficient (Wildman–Crippen LogP) is 2.20. The first-order valence-corrected chi connectivity index (χ1v) is 5.71. The second kappa shape index (κ2) is 6.95. The molecule has 110 valence electrons. The highest BCUT2D eigenvalue weighted by Crippen LogP contribution is 2.24. The summed E-state index contributed by atoms with van der Waals surface area (Å²) in [6.07, 6.45) is 1.30. The summed E-state index contributed by atoms with van der Waals surface area (Å²) in [6, 6.07) is 10.2. The van der Waals surface area contributed by atoms with Crippen LogP contribution in [0.3, 0.4) is 0 Å². The minimum atomic E-state index is -0.549. The van der Waals surface area contributed by atoms with Gasteiger partial charge in [0.1, 0.15) is 5.75 Å². The Bertz CT molecular complexity index is 668. The van der Waals surface area contributed by atoms with Gasteiger partial charge in [0.2, 0.25) is 0 Å². The summed E-state index contributed by atoms with van der Waals surface area (Å²) in [7, 11) is 0. The van der Waals surface area contributed by atoms with Crippen molar-refractivity contribution in [2.75, 3.05) is 0 Å². The highest BCUT2D eigenvalue weighted by Gasteiger charge is 2.07. The van der Waals surface area contributed by atoms with E-state index in [9.17, 15) is 15.0 Å². The number of hydrogen-bond acceptors (Lipinski definition) is 5. The van der Waals surface area contributed by atoms with E-state index in [4.69, 9.17) is 5.11 Å². The van der Waals surface area contributed by atoms with Gasteiger partial charge in [0.25, 0.3) is 5.91 Å². The zero-order valence-electron chi connectivity index (χ0n) is 10.3. The fraction of sp³-hybridized carbons (Fsp3) is 0.0667. The van der Waals surface area contributed by atoms with Crippen molar-refractivity contribution >= 4 is 12.1 Å². The van der Waals surface area contributed by atoms with E-state index >= 15 is 0 Å². The molecule has 0 spiro atoms. The lowest BCUT2D eigenvalue weighted by molar-refractivity contribution is 0.0954. The van der Waals surface area contributed by atoms with Gasteiger partial charge in [-0.2, -0.15) is 5.10 Å². The van der Waals surface area contributed by atoms with Crippen molar-refractivity contribution < 1.29 is 20.1 Å². The normalized spacial score (nSPS) is 10.1. The van der Waals surface area contributed by atoms with Gasteiger partial charge >= 0.3 is 0 Å². The number of phenolic OH excluding ortho intramolecular Hbond substituents is 3. The first-order chi connectivity index (χ1) is 9.58. The van der Waals surface area contributed by atoms with E-state index in [1.54, 1.807) is 18.2 Å². The van der Waals surface area contributed by atoms with Gasteiger partial charge in [-0.1, -0.05) is 19.6 Å². The number of phenols is 3. The zero-order valence-corrected chi connectivity index (χ0v) is 10.3. The van der Waals surface area contributed by atoms with Gasteiger partial charge in [0, 0.05) is 11.1 Å². The average Bonchev–Trinajstić information content (AvgIpc) is 2.44. The highest BCUT2D eigenvalue weighted by atomic mass is 16.3. The van der Waals surface area contributed by atoms with Crippen LogP contribution in [0.4, 0.5) is 0 Å². The summed E-state index contributed by atoms with van der Waals surface area (Å²) in [6.45, 7) is 0. The molecule has 0 bridgehead atoms. The molecule has 0 saturated carbocycles. The number of hydrogen-bond donors (Lipinski definition) is 4. The van der Waals surface area contributed by atoms with E-state index in [2.05, 4.69) is 10.5 Å². The summed E-state index contributed by atoms with van der Waals surface area (Å²) in [5, 5.41) is 31.6. The first-order valence-electron chi connectivity index (χ1n) is 5.71. The van der Waals surface area contributed by atoms with Crippen LogP contribution >= 0.6 is 0 Å². The van der Waals surface area contributed by atoms with Crippen LogP contribution in [-0.2, 0) is 0 Å². The molecule has 2 aromatic rings. The number of nitrogens with zero attached hydrogens (tertiary/aromatic N) is 1. The van der Waals surface area contributed by atoms with Crippen molar-refractivity contribution in [3.05, 3.63) is 53.6 Å². The van der Waals surface area contributed by atoms with Crippen LogP contribution in [0.5, 0.6) is 17.2 Å². The quantitative estimate of drug-likeness (QED) is 0.395. The van der Waals surface area contributed by atoms with Gasteiger partial charge in [0.15, 0.2) is 11.5 Å². The molecule has 0 saturated heterocycles. The molecule has 21 heavy (non-hydrogen) atoms. The molecule has 0 aliphatic rings. The molecule has 4 N–H and O–H groups in total. The Labute approximate surface area is 122 Å². The van der Waals surface area contributed by atoms with Crippen LogP contribution in [-0.4, -0.2) is 27.4 Å². The Hall–Kier alpha value is -3.02. The lowest BCUT2D eigenvalue weighted by atomic mass is 10.2. The maximum Gasteiger partial charge on any atom is 0.271 e. The Morgan fingerprint density at radius 1 is 1.00 bits per heavy atom. The van der Waals surface area contributed by atoms with Crippen molar-refractivity contribution in [1.29, 1.82) is 0 Å². The molecule has 6 heteroatoms. The Morgan fingerprint density at radius 2 is 1.71 bits per heavy atom. The molecule has 0 aliphatic heterocycles. The summed E-state index contributed by atoms with van der Waals surface area (Å²) < 4.78 is 0. The van der Waals surface area contributed by atoms with Crippen molar-refractivity contribution in [3.8, 4) is 17.2 Å².